The average molecular weight is 318 g/mol. The highest BCUT2D eigenvalue weighted by molar-refractivity contribution is 5.68. The Morgan fingerprint density at radius 3 is 2.52 bits per heavy atom. The number of nitrogens with one attached hydrogen (secondary N) is 2. The smallest absolute Gasteiger partial charge is 0.408 e. The number of aromatic nitrogens is 3. The van der Waals surface area contributed by atoms with E-state index < -0.39 is 11.7 Å². The summed E-state index contributed by atoms with van der Waals surface area (Å²) in [5, 5.41) is 10.6. The molecule has 0 aliphatic carbocycles. The maximum atomic E-state index is 12.0. The standard InChI is InChI=1S/C16H22N4O3/c1-16(2,3)23-15(21)19-13(14-17-10-18-20-14)9-11-5-7-12(22-4)8-6-11/h5-8,10,13H,9H2,1-4H3,(H,19,21)(H,17,18,20)/t13-/m0/s1. The lowest BCUT2D eigenvalue weighted by molar-refractivity contribution is 0.0501. The number of hydrogen-bond donors (Lipinski definition) is 2. The van der Waals surface area contributed by atoms with Crippen LogP contribution in [-0.2, 0) is 11.2 Å². The zero-order chi connectivity index (χ0) is 16.9. The highest BCUT2D eigenvalue weighted by Crippen LogP contribution is 2.18. The Morgan fingerprint density at radius 1 is 1.30 bits per heavy atom. The molecule has 7 nitrogen and oxygen atoms in total. The Kier molecular flexibility index (Phi) is 5.20. The van der Waals surface area contributed by atoms with Crippen LogP contribution in [0.25, 0.3) is 0 Å². The number of carbonyl (C=O) groups is 1. The number of hydrogen-bond acceptors (Lipinski definition) is 5. The molecule has 1 atom stereocenters. The summed E-state index contributed by atoms with van der Waals surface area (Å²) in [7, 11) is 1.62. The second kappa shape index (κ2) is 7.13. The van der Waals surface area contributed by atoms with E-state index in [-0.39, 0.29) is 6.04 Å². The van der Waals surface area contributed by atoms with E-state index in [0.29, 0.717) is 12.2 Å². The number of alkyl carbamates (subject to hydrolysis) is 1. The van der Waals surface area contributed by atoms with Crippen LogP contribution >= 0.6 is 0 Å². The van der Waals surface area contributed by atoms with Crippen molar-refractivity contribution in [2.45, 2.75) is 38.8 Å². The van der Waals surface area contributed by atoms with E-state index in [4.69, 9.17) is 9.47 Å². The molecular weight excluding hydrogens is 296 g/mol. The van der Waals surface area contributed by atoms with Crippen molar-refractivity contribution in [3.05, 3.63) is 42.0 Å². The highest BCUT2D eigenvalue weighted by atomic mass is 16.6. The fourth-order valence-corrected chi connectivity index (χ4v) is 2.05. The van der Waals surface area contributed by atoms with Crippen molar-refractivity contribution >= 4 is 6.09 Å². The van der Waals surface area contributed by atoms with Crippen LogP contribution in [0, 0.1) is 0 Å². The van der Waals surface area contributed by atoms with Gasteiger partial charge in [-0.3, -0.25) is 0 Å². The van der Waals surface area contributed by atoms with Crippen LogP contribution in [-0.4, -0.2) is 34.0 Å². The molecule has 2 aromatic rings. The van der Waals surface area contributed by atoms with Gasteiger partial charge < -0.3 is 19.8 Å². The third-order valence-electron chi connectivity index (χ3n) is 3.06. The lowest BCUT2D eigenvalue weighted by Gasteiger charge is -2.22. The first-order valence-corrected chi connectivity index (χ1v) is 7.36. The molecule has 0 fully saturated rings. The third-order valence-corrected chi connectivity index (χ3v) is 3.06. The summed E-state index contributed by atoms with van der Waals surface area (Å²) in [4.78, 5) is 15.0. The predicted octanol–water partition coefficient (Wildman–Crippen LogP) is 2.62. The number of H-pyrrole nitrogens is 1. The van der Waals surface area contributed by atoms with Crippen molar-refractivity contribution in [3.63, 3.8) is 0 Å². The van der Waals surface area contributed by atoms with Crippen molar-refractivity contribution in [1.82, 2.24) is 20.5 Å². The van der Waals surface area contributed by atoms with Crippen molar-refractivity contribution in [2.24, 2.45) is 0 Å². The Balaban J connectivity index is 2.10. The van der Waals surface area contributed by atoms with Crippen molar-refractivity contribution < 1.29 is 14.3 Å². The number of carbonyl (C=O) groups excluding carboxylic acids is 1. The molecule has 0 saturated carbocycles. The largest absolute Gasteiger partial charge is 0.497 e. The van der Waals surface area contributed by atoms with Crippen molar-refractivity contribution in [3.8, 4) is 5.75 Å². The van der Waals surface area contributed by atoms with E-state index in [1.54, 1.807) is 7.11 Å². The summed E-state index contributed by atoms with van der Waals surface area (Å²) in [6, 6.07) is 7.28. The van der Waals surface area contributed by atoms with Gasteiger partial charge in [-0.1, -0.05) is 12.1 Å². The number of aromatic amines is 1. The van der Waals surface area contributed by atoms with E-state index in [1.165, 1.54) is 6.33 Å². The first-order chi connectivity index (χ1) is 10.9. The molecule has 0 bridgehead atoms. The minimum absolute atomic E-state index is 0.360. The first kappa shape index (κ1) is 16.8. The molecule has 1 heterocycles. The fraction of sp³-hybridized carbons (Fsp3) is 0.438. The van der Waals surface area contributed by atoms with Gasteiger partial charge in [0.1, 0.15) is 17.7 Å². The van der Waals surface area contributed by atoms with Crippen molar-refractivity contribution in [2.75, 3.05) is 7.11 Å². The number of rotatable bonds is 5. The number of amides is 1. The zero-order valence-corrected chi connectivity index (χ0v) is 13.8. The van der Waals surface area contributed by atoms with E-state index >= 15 is 0 Å². The molecule has 2 N–H and O–H groups in total. The summed E-state index contributed by atoms with van der Waals surface area (Å²) < 4.78 is 10.5. The molecule has 0 saturated heterocycles. The summed E-state index contributed by atoms with van der Waals surface area (Å²) in [5.74, 6) is 1.36. The molecule has 0 spiro atoms. The van der Waals surface area contributed by atoms with Gasteiger partial charge in [-0.2, -0.15) is 0 Å². The maximum absolute atomic E-state index is 12.0. The summed E-state index contributed by atoms with van der Waals surface area (Å²) >= 11 is 0. The van der Waals surface area contributed by atoms with Gasteiger partial charge in [-0.05, 0) is 38.5 Å². The molecule has 1 aromatic carbocycles. The lowest BCUT2D eigenvalue weighted by atomic mass is 10.1. The lowest BCUT2D eigenvalue weighted by Crippen LogP contribution is -2.36. The zero-order valence-electron chi connectivity index (χ0n) is 13.8. The van der Waals surface area contributed by atoms with Crippen LogP contribution in [0.1, 0.15) is 38.2 Å². The van der Waals surface area contributed by atoms with Crippen LogP contribution in [0.3, 0.4) is 0 Å². The number of benzene rings is 1. The Labute approximate surface area is 135 Å². The highest BCUT2D eigenvalue weighted by Gasteiger charge is 2.22. The van der Waals surface area contributed by atoms with Gasteiger partial charge in [0, 0.05) is 6.42 Å². The Hall–Kier alpha value is -2.57. The number of ether oxygens (including phenoxy) is 2. The van der Waals surface area contributed by atoms with E-state index in [0.717, 1.165) is 11.3 Å². The molecule has 23 heavy (non-hydrogen) atoms. The van der Waals surface area contributed by atoms with Gasteiger partial charge in [0.15, 0.2) is 5.82 Å². The topological polar surface area (TPSA) is 89.1 Å². The predicted molar refractivity (Wildman–Crippen MR) is 85.2 cm³/mol. The molecule has 2 rings (SSSR count). The molecular formula is C16H22N4O3. The van der Waals surface area contributed by atoms with E-state index in [9.17, 15) is 4.79 Å². The Bertz CT molecular complexity index is 618. The summed E-state index contributed by atoms with van der Waals surface area (Å²) in [5.41, 5.74) is 0.471. The molecule has 1 amide bonds. The second-order valence-corrected chi connectivity index (χ2v) is 6.13. The average Bonchev–Trinajstić information content (AvgIpc) is 2.99. The van der Waals surface area contributed by atoms with E-state index in [2.05, 4.69) is 20.5 Å². The molecule has 124 valence electrons. The quantitative estimate of drug-likeness (QED) is 0.884. The maximum Gasteiger partial charge on any atom is 0.408 e. The summed E-state index contributed by atoms with van der Waals surface area (Å²) in [6.07, 6.45) is 1.54. The molecule has 0 radical (unpaired) electrons. The van der Waals surface area contributed by atoms with Gasteiger partial charge in [-0.15, -0.1) is 10.2 Å². The van der Waals surface area contributed by atoms with Gasteiger partial charge in [0.2, 0.25) is 0 Å². The SMILES string of the molecule is COc1ccc(C[C@H](NC(=O)OC(C)(C)C)c2nnc[nH]2)cc1. The number of methoxy groups -OCH3 is 1. The molecule has 0 aliphatic rings. The minimum atomic E-state index is -0.559. The molecule has 1 aromatic heterocycles. The van der Waals surface area contributed by atoms with Gasteiger partial charge in [0.25, 0.3) is 0 Å². The first-order valence-electron chi connectivity index (χ1n) is 7.36. The van der Waals surface area contributed by atoms with Crippen LogP contribution < -0.4 is 10.1 Å². The van der Waals surface area contributed by atoms with Gasteiger partial charge >= 0.3 is 6.09 Å². The molecule has 0 unspecified atom stereocenters. The van der Waals surface area contributed by atoms with E-state index in [1.807, 2.05) is 45.0 Å². The minimum Gasteiger partial charge on any atom is -0.497 e. The number of nitrogens with zero attached hydrogens (tertiary/aromatic N) is 2. The third kappa shape index (κ3) is 5.28. The second-order valence-electron chi connectivity index (χ2n) is 6.13. The van der Waals surface area contributed by atoms with Crippen LogP contribution in [0.5, 0.6) is 5.75 Å². The van der Waals surface area contributed by atoms with Gasteiger partial charge in [-0.25, -0.2) is 4.79 Å². The van der Waals surface area contributed by atoms with Crippen LogP contribution in [0.4, 0.5) is 4.79 Å². The van der Waals surface area contributed by atoms with Gasteiger partial charge in [0.05, 0.1) is 13.2 Å². The monoisotopic (exact) mass is 318 g/mol. The van der Waals surface area contributed by atoms with Crippen LogP contribution in [0.2, 0.25) is 0 Å². The Morgan fingerprint density at radius 2 is 2.00 bits per heavy atom. The van der Waals surface area contributed by atoms with Crippen molar-refractivity contribution in [1.29, 1.82) is 0 Å². The molecule has 0 aliphatic heterocycles. The molecule has 7 heteroatoms. The normalized spacial score (nSPS) is 12.5. The fourth-order valence-electron chi connectivity index (χ4n) is 2.05. The van der Waals surface area contributed by atoms with Crippen LogP contribution in [0.15, 0.2) is 30.6 Å². The summed E-state index contributed by atoms with van der Waals surface area (Å²) in [6.45, 7) is 5.46.